The van der Waals surface area contributed by atoms with E-state index in [1.807, 2.05) is 18.2 Å². The number of nitrogen functional groups attached to an aromatic ring is 1. The summed E-state index contributed by atoms with van der Waals surface area (Å²) in [5.41, 5.74) is 10.5. The number of anilines is 2. The highest BCUT2D eigenvalue weighted by Gasteiger charge is 1.99. The molecule has 2 aromatic carbocycles. The molecule has 0 spiro atoms. The molecule has 2 nitrogen and oxygen atoms in total. The van der Waals surface area contributed by atoms with E-state index in [-0.39, 0.29) is 0 Å². The van der Waals surface area contributed by atoms with Crippen molar-refractivity contribution < 1.29 is 0 Å². The molecule has 0 aliphatic rings. The Labute approximate surface area is 135 Å². The average molecular weight is 298 g/mol. The van der Waals surface area contributed by atoms with E-state index in [1.54, 1.807) is 0 Å². The van der Waals surface area contributed by atoms with E-state index in [0.717, 1.165) is 25.1 Å². The van der Waals surface area contributed by atoms with Gasteiger partial charge in [-0.25, -0.2) is 0 Å². The number of hydrogen-bond donors (Lipinski definition) is 2. The number of benzene rings is 2. The van der Waals surface area contributed by atoms with Crippen molar-refractivity contribution in [2.75, 3.05) is 17.6 Å². The minimum Gasteiger partial charge on any atom is -0.399 e. The predicted octanol–water partition coefficient (Wildman–Crippen LogP) is 5.15. The van der Waals surface area contributed by atoms with E-state index >= 15 is 0 Å². The Balaban J connectivity index is 0.000000235. The lowest BCUT2D eigenvalue weighted by Crippen LogP contribution is -2.09. The fourth-order valence-electron chi connectivity index (χ4n) is 2.17. The zero-order chi connectivity index (χ0) is 16.4. The second-order valence-corrected chi connectivity index (χ2v) is 5.84. The third-order valence-electron chi connectivity index (χ3n) is 3.54. The molecule has 2 rings (SSSR count). The third-order valence-corrected chi connectivity index (χ3v) is 3.54. The van der Waals surface area contributed by atoms with Gasteiger partial charge in [0.2, 0.25) is 0 Å². The van der Waals surface area contributed by atoms with Gasteiger partial charge in [-0.05, 0) is 42.0 Å². The van der Waals surface area contributed by atoms with Crippen molar-refractivity contribution in [3.05, 3.63) is 59.7 Å². The first-order valence-electron chi connectivity index (χ1n) is 8.23. The van der Waals surface area contributed by atoms with Crippen LogP contribution in [0.2, 0.25) is 0 Å². The standard InChI is InChI=1S/C12H19N.C8H11N/c1-4-11-7-5-6-8-12(11)13-9-10(2)3;1-2-7-5-3-4-6-8(7)9/h5-8,10,13H,4,9H2,1-3H3;3-6H,2,9H2,1H3. The van der Waals surface area contributed by atoms with Gasteiger partial charge >= 0.3 is 0 Å². The summed E-state index contributed by atoms with van der Waals surface area (Å²) in [4.78, 5) is 0. The molecule has 0 aromatic heterocycles. The molecule has 0 unspecified atom stereocenters. The van der Waals surface area contributed by atoms with E-state index in [2.05, 4.69) is 63.3 Å². The summed E-state index contributed by atoms with van der Waals surface area (Å²) in [6, 6.07) is 16.5. The van der Waals surface area contributed by atoms with E-state index in [9.17, 15) is 0 Å². The van der Waals surface area contributed by atoms with Gasteiger partial charge in [-0.3, -0.25) is 0 Å². The van der Waals surface area contributed by atoms with Gasteiger partial charge in [0.25, 0.3) is 0 Å². The van der Waals surface area contributed by atoms with Crippen molar-refractivity contribution in [2.24, 2.45) is 5.92 Å². The maximum absolute atomic E-state index is 5.63. The Bertz CT molecular complexity index is 547. The Morgan fingerprint density at radius 2 is 1.41 bits per heavy atom. The van der Waals surface area contributed by atoms with E-state index < -0.39 is 0 Å². The third kappa shape index (κ3) is 6.21. The van der Waals surface area contributed by atoms with Gasteiger partial charge in [-0.1, -0.05) is 64.1 Å². The quantitative estimate of drug-likeness (QED) is 0.749. The molecule has 0 aliphatic carbocycles. The topological polar surface area (TPSA) is 38.0 Å². The van der Waals surface area contributed by atoms with Crippen LogP contribution in [0.3, 0.4) is 0 Å². The minimum absolute atomic E-state index is 0.699. The maximum atomic E-state index is 5.63. The van der Waals surface area contributed by atoms with E-state index in [4.69, 9.17) is 5.73 Å². The molecule has 2 aromatic rings. The van der Waals surface area contributed by atoms with Gasteiger partial charge in [0, 0.05) is 17.9 Å². The van der Waals surface area contributed by atoms with Crippen LogP contribution in [0.15, 0.2) is 48.5 Å². The number of nitrogens with one attached hydrogen (secondary N) is 1. The lowest BCUT2D eigenvalue weighted by atomic mass is 10.1. The van der Waals surface area contributed by atoms with Crippen LogP contribution in [-0.2, 0) is 12.8 Å². The summed E-state index contributed by atoms with van der Waals surface area (Å²) in [7, 11) is 0. The molecule has 120 valence electrons. The van der Waals surface area contributed by atoms with E-state index in [1.165, 1.54) is 16.8 Å². The fourth-order valence-corrected chi connectivity index (χ4v) is 2.17. The van der Waals surface area contributed by atoms with Crippen LogP contribution in [-0.4, -0.2) is 6.54 Å². The molecule has 0 saturated carbocycles. The number of hydrogen-bond acceptors (Lipinski definition) is 2. The average Bonchev–Trinajstić information content (AvgIpc) is 2.54. The maximum Gasteiger partial charge on any atom is 0.0372 e. The summed E-state index contributed by atoms with van der Waals surface area (Å²) >= 11 is 0. The van der Waals surface area contributed by atoms with Crippen LogP contribution in [0.25, 0.3) is 0 Å². The molecule has 0 amide bonds. The van der Waals surface area contributed by atoms with Gasteiger partial charge < -0.3 is 11.1 Å². The van der Waals surface area contributed by atoms with Crippen LogP contribution in [0.1, 0.15) is 38.8 Å². The molecule has 2 heteroatoms. The Kier molecular flexibility index (Phi) is 8.13. The molecule has 0 bridgehead atoms. The first-order chi connectivity index (χ1) is 10.6. The molecule has 0 atom stereocenters. The fraction of sp³-hybridized carbons (Fsp3) is 0.400. The highest BCUT2D eigenvalue weighted by molar-refractivity contribution is 5.51. The largest absolute Gasteiger partial charge is 0.399 e. The second-order valence-electron chi connectivity index (χ2n) is 5.84. The molecular weight excluding hydrogens is 268 g/mol. The number of aryl methyl sites for hydroxylation is 2. The smallest absolute Gasteiger partial charge is 0.0372 e. The summed E-state index contributed by atoms with van der Waals surface area (Å²) in [5.74, 6) is 0.699. The minimum atomic E-state index is 0.699. The first-order valence-corrected chi connectivity index (χ1v) is 8.23. The molecule has 0 heterocycles. The van der Waals surface area contributed by atoms with E-state index in [0.29, 0.717) is 5.92 Å². The van der Waals surface area contributed by atoms with Gasteiger partial charge in [0.15, 0.2) is 0 Å². The predicted molar refractivity (Wildman–Crippen MR) is 99.4 cm³/mol. The van der Waals surface area contributed by atoms with Gasteiger partial charge in [-0.2, -0.15) is 0 Å². The van der Waals surface area contributed by atoms with Gasteiger partial charge in [0.1, 0.15) is 0 Å². The number of nitrogens with two attached hydrogens (primary N) is 1. The van der Waals surface area contributed by atoms with Crippen molar-refractivity contribution >= 4 is 11.4 Å². The Morgan fingerprint density at radius 1 is 0.864 bits per heavy atom. The van der Waals surface area contributed by atoms with Crippen molar-refractivity contribution in [3.63, 3.8) is 0 Å². The zero-order valence-corrected chi connectivity index (χ0v) is 14.4. The highest BCUT2D eigenvalue weighted by atomic mass is 14.9. The van der Waals surface area contributed by atoms with Crippen LogP contribution in [0.5, 0.6) is 0 Å². The zero-order valence-electron chi connectivity index (χ0n) is 14.4. The highest BCUT2D eigenvalue weighted by Crippen LogP contribution is 2.15. The van der Waals surface area contributed by atoms with Crippen molar-refractivity contribution in [3.8, 4) is 0 Å². The number of para-hydroxylation sites is 2. The summed E-state index contributed by atoms with van der Waals surface area (Å²) in [6.07, 6.45) is 2.12. The summed E-state index contributed by atoms with van der Waals surface area (Å²) in [6.45, 7) is 9.79. The molecule has 0 aliphatic heterocycles. The lowest BCUT2D eigenvalue weighted by Gasteiger charge is -2.12. The van der Waals surface area contributed by atoms with Crippen LogP contribution >= 0.6 is 0 Å². The van der Waals surface area contributed by atoms with Gasteiger partial charge in [-0.15, -0.1) is 0 Å². The molecule has 22 heavy (non-hydrogen) atoms. The first kappa shape index (κ1) is 18.1. The molecule has 0 radical (unpaired) electrons. The van der Waals surface area contributed by atoms with Crippen LogP contribution in [0, 0.1) is 5.92 Å². The van der Waals surface area contributed by atoms with Crippen molar-refractivity contribution in [1.29, 1.82) is 0 Å². The summed E-state index contributed by atoms with van der Waals surface area (Å²) in [5, 5.41) is 3.46. The van der Waals surface area contributed by atoms with Crippen molar-refractivity contribution in [1.82, 2.24) is 0 Å². The molecule has 0 saturated heterocycles. The summed E-state index contributed by atoms with van der Waals surface area (Å²) < 4.78 is 0. The SMILES string of the molecule is CCc1ccccc1N.CCc1ccccc1NCC(C)C. The molecule has 3 N–H and O–H groups in total. The molecular formula is C20H30N2. The molecule has 0 fully saturated rings. The second kappa shape index (κ2) is 9.88. The van der Waals surface area contributed by atoms with Crippen LogP contribution in [0.4, 0.5) is 11.4 Å². The Morgan fingerprint density at radius 3 is 1.91 bits per heavy atom. The van der Waals surface area contributed by atoms with Crippen LogP contribution < -0.4 is 11.1 Å². The van der Waals surface area contributed by atoms with Crippen molar-refractivity contribution in [2.45, 2.75) is 40.5 Å². The number of rotatable bonds is 5. The van der Waals surface area contributed by atoms with Gasteiger partial charge in [0.05, 0.1) is 0 Å². The normalized spacial score (nSPS) is 10.0. The lowest BCUT2D eigenvalue weighted by molar-refractivity contribution is 0.688. The Hall–Kier alpha value is -1.96. The monoisotopic (exact) mass is 298 g/mol.